The average molecular weight is 828 g/mol. The number of ether oxygens (including phenoxy) is 2. The van der Waals surface area contributed by atoms with Gasteiger partial charge in [0.05, 0.1) is 24.5 Å². The molecule has 5 aliphatic carbocycles. The molecule has 0 saturated heterocycles. The lowest BCUT2D eigenvalue weighted by atomic mass is 9.32. The van der Waals surface area contributed by atoms with Gasteiger partial charge >= 0.3 is 11.9 Å². The van der Waals surface area contributed by atoms with Crippen LogP contribution in [0.15, 0.2) is 42.5 Å². The largest absolute Gasteiger partial charge is 0.469 e. The van der Waals surface area contributed by atoms with Gasteiger partial charge < -0.3 is 24.6 Å². The zero-order valence-electron chi connectivity index (χ0n) is 39.2. The summed E-state index contributed by atoms with van der Waals surface area (Å²) in [6.07, 6.45) is 12.0. The Hall–Kier alpha value is -3.46. The molecule has 1 N–H and O–H groups in total. The molecule has 0 heterocycles. The molecule has 1 aromatic rings. The standard InChI is InChI=1S/C51H77N3O6/c1-33(32-54(12)41(55)20-21-42(56)59-13)36-22-27-51(45(58)52-30-31-53(10)11)29-28-49(8)38(43(36)51)18-19-40-48(7)25-23-37(47(5,6)39(48)24-26-50(40,49)9)34-14-16-35(17-15-34)44(57)60-46(2,3)4/h14-17,23,36,38-40,43H,1,18-22,24-32H2,2-13H3,(H,52,58). The van der Waals surface area contributed by atoms with E-state index in [1.165, 1.54) is 18.2 Å². The summed E-state index contributed by atoms with van der Waals surface area (Å²) in [5.74, 6) is 1.15. The van der Waals surface area contributed by atoms with E-state index in [2.05, 4.69) is 69.6 Å². The van der Waals surface area contributed by atoms with Gasteiger partial charge in [0.2, 0.25) is 11.8 Å². The number of likely N-dealkylation sites (N-methyl/N-ethyl adjacent to an activating group) is 2. The maximum absolute atomic E-state index is 14.7. The molecule has 9 unspecified atom stereocenters. The molecule has 0 aromatic heterocycles. The van der Waals surface area contributed by atoms with Crippen molar-refractivity contribution >= 4 is 29.3 Å². The van der Waals surface area contributed by atoms with Gasteiger partial charge in [-0.25, -0.2) is 4.79 Å². The first-order valence-corrected chi connectivity index (χ1v) is 22.9. The van der Waals surface area contributed by atoms with E-state index in [0.717, 1.165) is 69.9 Å². The van der Waals surface area contributed by atoms with E-state index in [9.17, 15) is 19.2 Å². The number of benzene rings is 1. The van der Waals surface area contributed by atoms with Gasteiger partial charge in [-0.15, -0.1) is 0 Å². The average Bonchev–Trinajstić information content (AvgIpc) is 3.57. The highest BCUT2D eigenvalue weighted by atomic mass is 16.6. The number of fused-ring (bicyclic) bond motifs is 7. The number of allylic oxidation sites excluding steroid dienone is 2. The third-order valence-corrected chi connectivity index (χ3v) is 17.3. The molecule has 332 valence electrons. The van der Waals surface area contributed by atoms with E-state index in [1.54, 1.807) is 4.90 Å². The Kier molecular flexibility index (Phi) is 12.8. The SMILES string of the molecule is C=C(CN(C)C(=O)CCC(=O)OC)C1CCC2(C(=O)NCCN(C)C)CCC3(C)C(CCC4C5(C)CC=C(c6ccc(C(=O)OC(C)(C)C)cc6)C(C)(C)C5CCC43C)C12. The molecular weight excluding hydrogens is 751 g/mol. The Morgan fingerprint density at radius 2 is 1.53 bits per heavy atom. The van der Waals surface area contributed by atoms with Crippen molar-refractivity contribution < 1.29 is 28.7 Å². The number of rotatable bonds is 12. The first-order valence-electron chi connectivity index (χ1n) is 22.9. The molecule has 0 aliphatic heterocycles. The van der Waals surface area contributed by atoms with Crippen molar-refractivity contribution in [2.75, 3.05) is 47.9 Å². The summed E-state index contributed by atoms with van der Waals surface area (Å²) in [7, 11) is 7.24. The number of hydrogen-bond acceptors (Lipinski definition) is 7. The van der Waals surface area contributed by atoms with Crippen LogP contribution < -0.4 is 5.32 Å². The van der Waals surface area contributed by atoms with Crippen molar-refractivity contribution in [1.29, 1.82) is 0 Å². The summed E-state index contributed by atoms with van der Waals surface area (Å²) < 4.78 is 10.4. The van der Waals surface area contributed by atoms with Crippen LogP contribution in [0.5, 0.6) is 0 Å². The molecule has 60 heavy (non-hydrogen) atoms. The molecular formula is C51H77N3O6. The summed E-state index contributed by atoms with van der Waals surface area (Å²) in [5, 5.41) is 3.41. The second kappa shape index (κ2) is 16.7. The van der Waals surface area contributed by atoms with Crippen molar-refractivity contribution in [3.8, 4) is 0 Å². The maximum atomic E-state index is 14.7. The Morgan fingerprint density at radius 1 is 0.850 bits per heavy atom. The van der Waals surface area contributed by atoms with Gasteiger partial charge in [-0.05, 0) is 167 Å². The zero-order valence-corrected chi connectivity index (χ0v) is 39.2. The van der Waals surface area contributed by atoms with Crippen LogP contribution >= 0.6 is 0 Å². The fourth-order valence-electron chi connectivity index (χ4n) is 14.2. The quantitative estimate of drug-likeness (QED) is 0.166. The highest BCUT2D eigenvalue weighted by molar-refractivity contribution is 5.90. The second-order valence-electron chi connectivity index (χ2n) is 22.2. The van der Waals surface area contributed by atoms with E-state index in [4.69, 9.17) is 9.47 Å². The van der Waals surface area contributed by atoms with Crippen molar-refractivity contribution in [2.45, 2.75) is 132 Å². The summed E-state index contributed by atoms with van der Waals surface area (Å²) in [4.78, 5) is 56.4. The Balaban J connectivity index is 1.29. The predicted octanol–water partition coefficient (Wildman–Crippen LogP) is 9.36. The summed E-state index contributed by atoms with van der Waals surface area (Å²) in [5.41, 5.74) is 3.40. The van der Waals surface area contributed by atoms with Crippen molar-refractivity contribution in [3.63, 3.8) is 0 Å². The lowest BCUT2D eigenvalue weighted by Gasteiger charge is -2.72. The van der Waals surface area contributed by atoms with Crippen LogP contribution in [0.25, 0.3) is 5.57 Å². The van der Waals surface area contributed by atoms with Crippen LogP contribution in [0, 0.1) is 56.7 Å². The topological polar surface area (TPSA) is 105 Å². The van der Waals surface area contributed by atoms with Crippen LogP contribution in [0.4, 0.5) is 0 Å². The summed E-state index contributed by atoms with van der Waals surface area (Å²) in [6.45, 7) is 25.0. The minimum atomic E-state index is -0.540. The van der Waals surface area contributed by atoms with Gasteiger partial charge in [-0.1, -0.05) is 65.0 Å². The first-order chi connectivity index (χ1) is 27.9. The molecule has 5 aliphatic rings. The number of nitrogens with one attached hydrogen (secondary N) is 1. The normalized spacial score (nSPS) is 34.2. The Morgan fingerprint density at radius 3 is 2.17 bits per heavy atom. The van der Waals surface area contributed by atoms with Gasteiger partial charge in [0, 0.05) is 33.1 Å². The van der Waals surface area contributed by atoms with Crippen molar-refractivity contribution in [1.82, 2.24) is 15.1 Å². The number of hydrogen-bond donors (Lipinski definition) is 1. The highest BCUT2D eigenvalue weighted by Crippen LogP contribution is 2.77. The van der Waals surface area contributed by atoms with E-state index in [-0.39, 0.29) is 70.1 Å². The lowest BCUT2D eigenvalue weighted by molar-refractivity contribution is -0.225. The zero-order chi connectivity index (χ0) is 44.2. The number of amides is 2. The molecule has 2 amide bonds. The van der Waals surface area contributed by atoms with Crippen LogP contribution in [0.1, 0.15) is 142 Å². The van der Waals surface area contributed by atoms with Gasteiger partial charge in [0.1, 0.15) is 5.60 Å². The fraction of sp³-hybridized carbons (Fsp3) is 0.725. The lowest BCUT2D eigenvalue weighted by Crippen LogP contribution is -2.66. The minimum absolute atomic E-state index is 0.0404. The van der Waals surface area contributed by atoms with E-state index in [1.807, 2.05) is 54.0 Å². The third-order valence-electron chi connectivity index (χ3n) is 17.3. The van der Waals surface area contributed by atoms with Crippen LogP contribution in [0.3, 0.4) is 0 Å². The summed E-state index contributed by atoms with van der Waals surface area (Å²) in [6, 6.07) is 8.07. The molecule has 4 saturated carbocycles. The van der Waals surface area contributed by atoms with Gasteiger partial charge in [-0.3, -0.25) is 14.4 Å². The second-order valence-corrected chi connectivity index (χ2v) is 22.2. The number of nitrogens with zero attached hydrogens (tertiary/aromatic N) is 2. The van der Waals surface area contributed by atoms with E-state index < -0.39 is 11.0 Å². The van der Waals surface area contributed by atoms with Crippen molar-refractivity contribution in [2.24, 2.45) is 56.7 Å². The highest BCUT2D eigenvalue weighted by Gasteiger charge is 2.71. The van der Waals surface area contributed by atoms with Crippen LogP contribution in [-0.2, 0) is 23.9 Å². The Bertz CT molecular complexity index is 1860. The van der Waals surface area contributed by atoms with Gasteiger partial charge in [0.25, 0.3) is 0 Å². The molecule has 0 bridgehead atoms. The number of carbonyl (C=O) groups excluding carboxylic acids is 4. The molecule has 4 fully saturated rings. The molecule has 9 atom stereocenters. The van der Waals surface area contributed by atoms with E-state index >= 15 is 0 Å². The summed E-state index contributed by atoms with van der Waals surface area (Å²) >= 11 is 0. The molecule has 0 radical (unpaired) electrons. The maximum Gasteiger partial charge on any atom is 0.338 e. The molecule has 9 nitrogen and oxygen atoms in total. The minimum Gasteiger partial charge on any atom is -0.469 e. The molecule has 9 heteroatoms. The fourth-order valence-corrected chi connectivity index (χ4v) is 14.2. The third kappa shape index (κ3) is 8.03. The predicted molar refractivity (Wildman–Crippen MR) is 239 cm³/mol. The molecule has 6 rings (SSSR count). The number of methoxy groups -OCH3 is 1. The van der Waals surface area contributed by atoms with E-state index in [0.29, 0.717) is 36.4 Å². The van der Waals surface area contributed by atoms with Gasteiger partial charge in [-0.2, -0.15) is 0 Å². The number of esters is 2. The molecule has 0 spiro atoms. The molecule has 1 aromatic carbocycles. The Labute approximate surface area is 361 Å². The van der Waals surface area contributed by atoms with Gasteiger partial charge in [0.15, 0.2) is 0 Å². The number of carbonyl (C=O) groups is 4. The smallest absolute Gasteiger partial charge is 0.338 e. The van der Waals surface area contributed by atoms with Crippen LogP contribution in [0.2, 0.25) is 0 Å². The monoisotopic (exact) mass is 828 g/mol. The first kappa shape index (κ1) is 46.1. The van der Waals surface area contributed by atoms with Crippen LogP contribution in [-0.4, -0.2) is 87.0 Å². The van der Waals surface area contributed by atoms with Crippen molar-refractivity contribution in [3.05, 3.63) is 53.6 Å².